The molecule has 0 radical (unpaired) electrons. The van der Waals surface area contributed by atoms with Gasteiger partial charge >= 0.3 is 54.2 Å². The summed E-state index contributed by atoms with van der Waals surface area (Å²) >= 11 is -0.131. The topological polar surface area (TPSA) is 29.5 Å². The zero-order valence-corrected chi connectivity index (χ0v) is 23.8. The van der Waals surface area contributed by atoms with E-state index in [2.05, 4.69) is 49.4 Å². The van der Waals surface area contributed by atoms with Crippen molar-refractivity contribution in [1.82, 2.24) is 0 Å². The molecule has 0 spiro atoms. The first-order chi connectivity index (χ1) is 16.7. The van der Waals surface area contributed by atoms with Crippen LogP contribution in [0.4, 0.5) is 25.2 Å². The Morgan fingerprint density at radius 2 is 1.14 bits per heavy atom. The molecule has 0 saturated carbocycles. The summed E-state index contributed by atoms with van der Waals surface area (Å²) in [5.74, 6) is 0.855. The predicted octanol–water partition coefficient (Wildman–Crippen LogP) is 7.25. The maximum atomic E-state index is 10.2. The molecule has 0 bridgehead atoms. The number of hydrogen-bond donors (Lipinski definition) is 1. The van der Waals surface area contributed by atoms with Crippen molar-refractivity contribution >= 4 is 7.81 Å². The van der Waals surface area contributed by atoms with Gasteiger partial charge in [0.1, 0.15) is 12.4 Å². The zero-order chi connectivity index (χ0) is 27.0. The number of rotatable bonds is 16. The first-order valence-electron chi connectivity index (χ1n) is 12.4. The maximum absolute atomic E-state index is 10.7. The SMILES string of the molecule is CCCCCCCCCCCCC(O)COc1ccc([I+]c2ccccc2)cc1.F[P-](F)(F)(F)(F)F. The van der Waals surface area contributed by atoms with Gasteiger partial charge in [-0.25, -0.2) is 0 Å². The van der Waals surface area contributed by atoms with Crippen LogP contribution in [0.1, 0.15) is 77.6 Å². The Morgan fingerprint density at radius 3 is 1.64 bits per heavy atom. The van der Waals surface area contributed by atoms with Crippen LogP contribution >= 0.6 is 7.81 Å². The van der Waals surface area contributed by atoms with Crippen LogP contribution in [-0.4, -0.2) is 17.8 Å². The van der Waals surface area contributed by atoms with E-state index in [0.29, 0.717) is 6.61 Å². The Bertz CT molecular complexity index is 822. The molecule has 2 aromatic rings. The second-order valence-electron chi connectivity index (χ2n) is 8.74. The van der Waals surface area contributed by atoms with E-state index in [-0.39, 0.29) is 27.3 Å². The van der Waals surface area contributed by atoms with Crippen LogP contribution in [0.3, 0.4) is 0 Å². The van der Waals surface area contributed by atoms with Gasteiger partial charge in [0.05, 0.1) is 6.10 Å². The molecule has 1 atom stereocenters. The molecule has 0 aliphatic carbocycles. The van der Waals surface area contributed by atoms with Gasteiger partial charge in [-0.1, -0.05) is 89.3 Å². The number of unbranched alkanes of at least 4 members (excludes halogenated alkanes) is 9. The van der Waals surface area contributed by atoms with Gasteiger partial charge in [0, 0.05) is 0 Å². The average Bonchev–Trinajstić information content (AvgIpc) is 2.78. The van der Waals surface area contributed by atoms with Crippen molar-refractivity contribution < 1.29 is 56.2 Å². The van der Waals surface area contributed by atoms with Gasteiger partial charge in [-0.2, -0.15) is 0 Å². The van der Waals surface area contributed by atoms with Gasteiger partial charge in [-0.3, -0.25) is 0 Å². The Balaban J connectivity index is 0.000000809. The zero-order valence-electron chi connectivity index (χ0n) is 20.7. The molecule has 0 amide bonds. The molecule has 10 heteroatoms. The van der Waals surface area contributed by atoms with Crippen molar-refractivity contribution in [3.05, 3.63) is 61.7 Å². The van der Waals surface area contributed by atoms with E-state index < -0.39 is 7.81 Å². The van der Waals surface area contributed by atoms with Crippen molar-refractivity contribution in [3.63, 3.8) is 0 Å². The fourth-order valence-electron chi connectivity index (χ4n) is 3.34. The van der Waals surface area contributed by atoms with Gasteiger partial charge in [0.15, 0.2) is 7.14 Å². The van der Waals surface area contributed by atoms with Gasteiger partial charge in [-0.05, 0) is 42.8 Å². The van der Waals surface area contributed by atoms with Crippen molar-refractivity contribution in [1.29, 1.82) is 0 Å². The molecule has 2 rings (SSSR count). The summed E-state index contributed by atoms with van der Waals surface area (Å²) in [6.45, 7) is 2.66. The summed E-state index contributed by atoms with van der Waals surface area (Å²) in [4.78, 5) is 0. The molecule has 1 N–H and O–H groups in total. The summed E-state index contributed by atoms with van der Waals surface area (Å²) < 4.78 is 67.8. The molecular formula is C26H38F6IO2P. The molecule has 1 unspecified atom stereocenters. The van der Waals surface area contributed by atoms with Crippen LogP contribution in [0.25, 0.3) is 0 Å². The van der Waals surface area contributed by atoms with E-state index in [0.717, 1.165) is 18.6 Å². The minimum atomic E-state index is -10.7. The second kappa shape index (κ2) is 15.4. The van der Waals surface area contributed by atoms with E-state index in [1.807, 2.05) is 12.1 Å². The Hall–Kier alpha value is -1.06. The van der Waals surface area contributed by atoms with Crippen molar-refractivity contribution in [2.45, 2.75) is 83.7 Å². The molecule has 0 fully saturated rings. The number of aliphatic hydroxyl groups is 1. The normalized spacial score (nSPS) is 14.2. The number of ether oxygens (including phenoxy) is 1. The fourth-order valence-corrected chi connectivity index (χ4v) is 5.55. The van der Waals surface area contributed by atoms with Gasteiger partial charge in [0.2, 0.25) is 0 Å². The number of aliphatic hydroxyl groups excluding tert-OH is 1. The molecule has 2 nitrogen and oxygen atoms in total. The van der Waals surface area contributed by atoms with Crippen molar-refractivity contribution in [2.24, 2.45) is 0 Å². The van der Waals surface area contributed by atoms with Crippen LogP contribution in [0.5, 0.6) is 5.75 Å². The van der Waals surface area contributed by atoms with Crippen LogP contribution in [0, 0.1) is 7.14 Å². The Kier molecular flexibility index (Phi) is 14.1. The third-order valence-electron chi connectivity index (χ3n) is 5.10. The number of halogens is 7. The predicted molar refractivity (Wildman–Crippen MR) is 132 cm³/mol. The van der Waals surface area contributed by atoms with Gasteiger partial charge in [-0.15, -0.1) is 0 Å². The van der Waals surface area contributed by atoms with E-state index >= 15 is 0 Å². The molecule has 2 aromatic carbocycles. The molecule has 0 aromatic heterocycles. The average molecular weight is 654 g/mol. The molecule has 36 heavy (non-hydrogen) atoms. The summed E-state index contributed by atoms with van der Waals surface area (Å²) in [6.07, 6.45) is 13.7. The van der Waals surface area contributed by atoms with Crippen molar-refractivity contribution in [3.8, 4) is 5.75 Å². The Morgan fingerprint density at radius 1 is 0.694 bits per heavy atom. The number of benzene rings is 2. The first-order valence-corrected chi connectivity index (χ1v) is 16.6. The molecule has 208 valence electrons. The third-order valence-corrected chi connectivity index (χ3v) is 7.78. The van der Waals surface area contributed by atoms with Crippen LogP contribution < -0.4 is 25.9 Å². The molecule has 0 heterocycles. The Labute approximate surface area is 221 Å². The summed E-state index contributed by atoms with van der Waals surface area (Å²) in [6, 6.07) is 19.0. The third kappa shape index (κ3) is 23.3. The van der Waals surface area contributed by atoms with Gasteiger partial charge in [0.25, 0.3) is 0 Å². The number of hydrogen-bond acceptors (Lipinski definition) is 2. The molecule has 0 aliphatic rings. The molecular weight excluding hydrogens is 616 g/mol. The van der Waals surface area contributed by atoms with E-state index in [1.165, 1.54) is 64.9 Å². The van der Waals surface area contributed by atoms with E-state index in [1.54, 1.807) is 0 Å². The summed E-state index contributed by atoms with van der Waals surface area (Å²) in [7, 11) is -10.7. The second-order valence-corrected chi connectivity index (χ2v) is 13.7. The van der Waals surface area contributed by atoms with Crippen LogP contribution in [0.2, 0.25) is 0 Å². The molecule has 0 saturated heterocycles. The van der Waals surface area contributed by atoms with Crippen LogP contribution in [0.15, 0.2) is 54.6 Å². The monoisotopic (exact) mass is 654 g/mol. The molecule has 0 aliphatic heterocycles. The summed E-state index contributed by atoms with van der Waals surface area (Å²) in [5.41, 5.74) is 0. The standard InChI is InChI=1S/C26H38IO2.F6P/c1-2-3-4-5-6-7-8-9-10-14-17-25(28)22-29-26-20-18-24(19-21-26)27-23-15-12-11-13-16-23;1-7(2,3,4,5)6/h11-13,15-16,18-21,25,28H,2-10,14,17,22H2,1H3;/q+1;-1. The van der Waals surface area contributed by atoms with Crippen molar-refractivity contribution in [2.75, 3.05) is 6.61 Å². The quantitative estimate of drug-likeness (QED) is 0.0895. The summed E-state index contributed by atoms with van der Waals surface area (Å²) in [5, 5.41) is 10.2. The van der Waals surface area contributed by atoms with E-state index in [9.17, 15) is 30.3 Å². The van der Waals surface area contributed by atoms with Gasteiger partial charge < -0.3 is 9.84 Å². The van der Waals surface area contributed by atoms with Crippen LogP contribution in [-0.2, 0) is 0 Å². The minimum absolute atomic E-state index is 0.131. The fraction of sp³-hybridized carbons (Fsp3) is 0.538. The first kappa shape index (κ1) is 33.0. The van der Waals surface area contributed by atoms with E-state index in [4.69, 9.17) is 4.74 Å².